The zero-order valence-electron chi connectivity index (χ0n) is 22.3. The van der Waals surface area contributed by atoms with Crippen molar-refractivity contribution in [2.75, 3.05) is 6.61 Å². The van der Waals surface area contributed by atoms with Crippen molar-refractivity contribution in [2.45, 2.75) is 66.4 Å². The average Bonchev–Trinajstić information content (AvgIpc) is 3.67. The molecule has 0 radical (unpaired) electrons. The first-order valence-electron chi connectivity index (χ1n) is 13.6. The molecule has 0 bridgehead atoms. The molecule has 1 saturated heterocycles. The van der Waals surface area contributed by atoms with Crippen LogP contribution in [0, 0.1) is 11.6 Å². The molecule has 2 fully saturated rings. The fraction of sp³-hybridized carbons (Fsp3) is 0.429. The molecule has 222 valence electrons. The first-order valence-corrected chi connectivity index (χ1v) is 14.6. The third-order valence-corrected chi connectivity index (χ3v) is 9.35. The molecule has 1 saturated carbocycles. The Balaban J connectivity index is 1.19. The summed E-state index contributed by atoms with van der Waals surface area (Å²) in [5, 5.41) is 59.8. The van der Waals surface area contributed by atoms with Crippen molar-refractivity contribution in [1.82, 2.24) is 30.0 Å². The molecule has 8 atom stereocenters. The van der Waals surface area contributed by atoms with E-state index in [0.29, 0.717) is 35.4 Å². The molecular formula is C28H30F2N6O5S. The first-order chi connectivity index (χ1) is 20.3. The molecule has 42 heavy (non-hydrogen) atoms. The second kappa shape index (κ2) is 12.1. The number of aliphatic hydroxyl groups excluding tert-OH is 4. The second-order valence-corrected chi connectivity index (χ2v) is 11.9. The van der Waals surface area contributed by atoms with Gasteiger partial charge < -0.3 is 25.2 Å². The Morgan fingerprint density at radius 3 is 2.07 bits per heavy atom. The molecule has 14 heteroatoms. The highest BCUT2D eigenvalue weighted by Gasteiger charge is 2.48. The minimum Gasteiger partial charge on any atom is -0.394 e. The lowest BCUT2D eigenvalue weighted by atomic mass is 9.92. The van der Waals surface area contributed by atoms with Crippen molar-refractivity contribution < 1.29 is 33.9 Å². The predicted octanol–water partition coefficient (Wildman–Crippen LogP) is 2.35. The standard InChI is InChI=1S/C28H30F2N6O5S/c29-17-6-1-4-15(10-17)19-12-35(33-31-19)21-8-3-9-23(25(21)38)42-28-27(40)24(26(39)22(14-37)41-28)36-13-20(32-34-36)16-5-2-7-18(30)11-16/h1-2,4-7,10-13,21-28,37-40H,3,8-9,14H2/t21?,22?,23-,24?,25?,26+,27+,28+/m1/s1. The van der Waals surface area contributed by atoms with E-state index in [0.717, 1.165) is 6.42 Å². The van der Waals surface area contributed by atoms with Gasteiger partial charge in [0.1, 0.15) is 52.8 Å². The number of rotatable bonds is 7. The molecule has 2 aromatic heterocycles. The van der Waals surface area contributed by atoms with Gasteiger partial charge in [0.15, 0.2) is 0 Å². The van der Waals surface area contributed by atoms with Gasteiger partial charge in [0.05, 0.1) is 31.1 Å². The molecule has 2 aliphatic rings. The summed E-state index contributed by atoms with van der Waals surface area (Å²) in [6.45, 7) is -0.509. The average molecular weight is 601 g/mol. The Bertz CT molecular complexity index is 1520. The summed E-state index contributed by atoms with van der Waals surface area (Å²) < 4.78 is 36.2. The summed E-state index contributed by atoms with van der Waals surface area (Å²) in [5.41, 5.74) is 0.961. The normalized spacial score (nSPS) is 30.0. The molecule has 4 aromatic rings. The molecular weight excluding hydrogens is 570 g/mol. The molecule has 2 aromatic carbocycles. The van der Waals surface area contributed by atoms with Gasteiger partial charge in [-0.3, -0.25) is 0 Å². The van der Waals surface area contributed by atoms with Gasteiger partial charge >= 0.3 is 0 Å². The monoisotopic (exact) mass is 600 g/mol. The fourth-order valence-electron chi connectivity index (χ4n) is 5.64. The van der Waals surface area contributed by atoms with Gasteiger partial charge in [-0.25, -0.2) is 18.1 Å². The van der Waals surface area contributed by atoms with E-state index in [1.54, 1.807) is 35.1 Å². The van der Waals surface area contributed by atoms with Crippen LogP contribution in [0.3, 0.4) is 0 Å². The van der Waals surface area contributed by atoms with E-state index in [1.165, 1.54) is 46.9 Å². The highest BCUT2D eigenvalue weighted by molar-refractivity contribution is 8.00. The minimum atomic E-state index is -1.32. The first kappa shape index (κ1) is 28.8. The molecule has 4 N–H and O–H groups in total. The van der Waals surface area contributed by atoms with Crippen LogP contribution in [-0.4, -0.2) is 92.1 Å². The Morgan fingerprint density at radius 1 is 0.833 bits per heavy atom. The summed E-state index contributed by atoms with van der Waals surface area (Å²) in [7, 11) is 0. The number of hydrogen-bond acceptors (Lipinski definition) is 10. The van der Waals surface area contributed by atoms with Gasteiger partial charge in [0, 0.05) is 16.4 Å². The van der Waals surface area contributed by atoms with E-state index in [9.17, 15) is 29.2 Å². The lowest BCUT2D eigenvalue weighted by Crippen LogP contribution is -2.55. The Labute approximate surface area is 243 Å². The van der Waals surface area contributed by atoms with Crippen molar-refractivity contribution in [2.24, 2.45) is 0 Å². The van der Waals surface area contributed by atoms with Crippen molar-refractivity contribution in [1.29, 1.82) is 0 Å². The summed E-state index contributed by atoms with van der Waals surface area (Å²) in [6.07, 6.45) is 0.690. The van der Waals surface area contributed by atoms with E-state index in [1.807, 2.05) is 0 Å². The van der Waals surface area contributed by atoms with Gasteiger partial charge in [-0.15, -0.1) is 22.0 Å². The van der Waals surface area contributed by atoms with E-state index < -0.39 is 54.4 Å². The Morgan fingerprint density at radius 2 is 1.45 bits per heavy atom. The van der Waals surface area contributed by atoms with E-state index in [-0.39, 0.29) is 11.1 Å². The highest BCUT2D eigenvalue weighted by Crippen LogP contribution is 2.42. The number of thioether (sulfide) groups is 1. The third-order valence-electron chi connectivity index (χ3n) is 7.83. The minimum absolute atomic E-state index is 0.348. The van der Waals surface area contributed by atoms with Crippen LogP contribution in [0.5, 0.6) is 0 Å². The van der Waals surface area contributed by atoms with E-state index in [4.69, 9.17) is 4.74 Å². The van der Waals surface area contributed by atoms with Crippen molar-refractivity contribution in [3.05, 3.63) is 72.6 Å². The number of benzene rings is 2. The maximum atomic E-state index is 13.7. The molecule has 3 heterocycles. The summed E-state index contributed by atoms with van der Waals surface area (Å²) in [5.74, 6) is -0.826. The largest absolute Gasteiger partial charge is 0.394 e. The van der Waals surface area contributed by atoms with Crippen LogP contribution in [0.15, 0.2) is 60.9 Å². The molecule has 0 amide bonds. The van der Waals surface area contributed by atoms with E-state index >= 15 is 0 Å². The quantitative estimate of drug-likeness (QED) is 0.249. The third kappa shape index (κ3) is 5.70. The molecule has 4 unspecified atom stereocenters. The lowest BCUT2D eigenvalue weighted by Gasteiger charge is -2.44. The maximum absolute atomic E-state index is 13.7. The number of aromatic nitrogens is 6. The number of hydrogen-bond donors (Lipinski definition) is 4. The van der Waals surface area contributed by atoms with Crippen LogP contribution in [0.1, 0.15) is 31.3 Å². The zero-order chi connectivity index (χ0) is 29.4. The predicted molar refractivity (Wildman–Crippen MR) is 148 cm³/mol. The van der Waals surface area contributed by atoms with Crippen molar-refractivity contribution in [3.63, 3.8) is 0 Å². The van der Waals surface area contributed by atoms with Crippen LogP contribution in [-0.2, 0) is 4.74 Å². The van der Waals surface area contributed by atoms with Crippen molar-refractivity contribution >= 4 is 11.8 Å². The number of halogens is 2. The smallest absolute Gasteiger partial charge is 0.132 e. The van der Waals surface area contributed by atoms with Gasteiger partial charge in [-0.05, 0) is 37.1 Å². The summed E-state index contributed by atoms with van der Waals surface area (Å²) in [4.78, 5) is 0. The van der Waals surface area contributed by atoms with Gasteiger partial charge in [-0.2, -0.15) is 0 Å². The van der Waals surface area contributed by atoms with Crippen LogP contribution in [0.25, 0.3) is 22.5 Å². The Kier molecular flexibility index (Phi) is 8.34. The maximum Gasteiger partial charge on any atom is 0.132 e. The Hall–Kier alpha value is -3.27. The van der Waals surface area contributed by atoms with Crippen molar-refractivity contribution in [3.8, 4) is 22.5 Å². The van der Waals surface area contributed by atoms with Gasteiger partial charge in [-0.1, -0.05) is 41.1 Å². The molecule has 6 rings (SSSR count). The van der Waals surface area contributed by atoms with E-state index in [2.05, 4.69) is 20.6 Å². The number of aliphatic hydroxyl groups is 4. The second-order valence-electron chi connectivity index (χ2n) is 10.5. The zero-order valence-corrected chi connectivity index (χ0v) is 23.1. The van der Waals surface area contributed by atoms with Gasteiger partial charge in [0.2, 0.25) is 0 Å². The van der Waals surface area contributed by atoms with Crippen LogP contribution < -0.4 is 0 Å². The summed E-state index contributed by atoms with van der Waals surface area (Å²) >= 11 is 1.22. The van der Waals surface area contributed by atoms with Crippen LogP contribution in [0.2, 0.25) is 0 Å². The topological polar surface area (TPSA) is 152 Å². The molecule has 1 aliphatic heterocycles. The SMILES string of the molecule is OCC1O[C@@H](S[C@@H]2CCCC(n3cc(-c4cccc(F)c4)nn3)C2O)[C@@H](O)C(n2cc(-c3cccc(F)c3)nn2)[C@H]1O. The molecule has 11 nitrogen and oxygen atoms in total. The molecule has 0 spiro atoms. The number of nitrogens with zero attached hydrogens (tertiary/aromatic N) is 6. The summed E-state index contributed by atoms with van der Waals surface area (Å²) in [6, 6.07) is 10.4. The number of ether oxygens (including phenoxy) is 1. The lowest BCUT2D eigenvalue weighted by molar-refractivity contribution is -0.178. The van der Waals surface area contributed by atoms with Crippen LogP contribution >= 0.6 is 11.8 Å². The molecule has 1 aliphatic carbocycles. The van der Waals surface area contributed by atoms with Crippen LogP contribution in [0.4, 0.5) is 8.78 Å². The fourth-order valence-corrected chi connectivity index (χ4v) is 7.16. The van der Waals surface area contributed by atoms with Gasteiger partial charge in [0.25, 0.3) is 0 Å². The highest BCUT2D eigenvalue weighted by atomic mass is 32.2.